The Labute approximate surface area is 326 Å². The molecule has 0 aromatic heterocycles. The molecule has 1 fully saturated rings. The van der Waals surface area contributed by atoms with Gasteiger partial charge in [0, 0.05) is 12.8 Å². The molecule has 316 valence electrons. The molecule has 8 atom stereocenters. The maximum Gasteiger partial charge on any atom is 0.508 e. The van der Waals surface area contributed by atoms with Crippen molar-refractivity contribution in [1.29, 1.82) is 0 Å². The molecule has 1 saturated carbocycles. The van der Waals surface area contributed by atoms with Gasteiger partial charge in [0.15, 0.2) is 0 Å². The van der Waals surface area contributed by atoms with Gasteiger partial charge in [0.2, 0.25) is 0 Å². The summed E-state index contributed by atoms with van der Waals surface area (Å²) in [4.78, 5) is 52.3. The number of carbonyl (C=O) groups is 4. The van der Waals surface area contributed by atoms with Crippen LogP contribution in [0.4, 0.5) is 19.2 Å². The van der Waals surface area contributed by atoms with Crippen LogP contribution in [0.25, 0.3) is 0 Å². The molecule has 12 nitrogen and oxygen atoms in total. The Balaban J connectivity index is 3.25. The van der Waals surface area contributed by atoms with E-state index in [1.807, 2.05) is 27.7 Å². The van der Waals surface area contributed by atoms with E-state index >= 15 is 0 Å². The van der Waals surface area contributed by atoms with E-state index in [9.17, 15) is 19.2 Å². The smallest absolute Gasteiger partial charge is 0.434 e. The predicted octanol–water partition coefficient (Wildman–Crippen LogP) is 11.7. The van der Waals surface area contributed by atoms with Crippen LogP contribution in [0.2, 0.25) is 0 Å². The molecular formula is C42H76O12. The maximum atomic E-state index is 13.1. The Morgan fingerprint density at radius 3 is 0.759 bits per heavy atom. The van der Waals surface area contributed by atoms with Crippen molar-refractivity contribution in [1.82, 2.24) is 0 Å². The van der Waals surface area contributed by atoms with E-state index in [1.54, 1.807) is 0 Å². The second-order valence-corrected chi connectivity index (χ2v) is 15.0. The van der Waals surface area contributed by atoms with E-state index in [4.69, 9.17) is 37.9 Å². The van der Waals surface area contributed by atoms with Crippen molar-refractivity contribution in [3.05, 3.63) is 0 Å². The molecule has 8 unspecified atom stereocenters. The van der Waals surface area contributed by atoms with E-state index in [2.05, 4.69) is 27.7 Å². The number of ether oxygens (including phenoxy) is 8. The summed E-state index contributed by atoms with van der Waals surface area (Å²) in [7, 11) is 0. The molecule has 1 aliphatic carbocycles. The lowest BCUT2D eigenvalue weighted by Gasteiger charge is -2.38. The molecule has 0 aromatic rings. The van der Waals surface area contributed by atoms with Crippen LogP contribution in [0.15, 0.2) is 0 Å². The lowest BCUT2D eigenvalue weighted by Crippen LogP contribution is -2.51. The van der Waals surface area contributed by atoms with Gasteiger partial charge in [-0.1, -0.05) is 132 Å². The third kappa shape index (κ3) is 21.2. The molecule has 12 heteroatoms. The summed E-state index contributed by atoms with van der Waals surface area (Å²) >= 11 is 0. The van der Waals surface area contributed by atoms with Crippen LogP contribution in [-0.2, 0) is 37.9 Å². The molecule has 0 radical (unpaired) electrons. The standard InChI is InChI=1S/C42H76O12/c1-9-17-21-31(13-5)27-47-39(43)51-35-25-37(53-41(45)49-29-33(15-7)23-19-11-3)38(54-42(46)50-30-34(16-8)24-20-12-4)26-36(35)52-40(44)48-28-32(14-6)22-18-10-2/h31-38H,9-30H2,1-8H3. The predicted molar refractivity (Wildman–Crippen MR) is 207 cm³/mol. The fraction of sp³-hybridized carbons (Fsp3) is 0.905. The largest absolute Gasteiger partial charge is 0.508 e. The highest BCUT2D eigenvalue weighted by molar-refractivity contribution is 5.63. The lowest BCUT2D eigenvalue weighted by molar-refractivity contribution is -0.144. The highest BCUT2D eigenvalue weighted by Gasteiger charge is 2.46. The van der Waals surface area contributed by atoms with Crippen molar-refractivity contribution in [2.24, 2.45) is 23.7 Å². The van der Waals surface area contributed by atoms with E-state index in [-0.39, 0.29) is 62.9 Å². The second-order valence-electron chi connectivity index (χ2n) is 15.0. The Bertz CT molecular complexity index is 852. The summed E-state index contributed by atoms with van der Waals surface area (Å²) in [5, 5.41) is 0. The van der Waals surface area contributed by atoms with E-state index in [0.29, 0.717) is 0 Å². The zero-order valence-corrected chi connectivity index (χ0v) is 35.1. The van der Waals surface area contributed by atoms with E-state index in [1.165, 1.54) is 0 Å². The van der Waals surface area contributed by atoms with Crippen molar-refractivity contribution >= 4 is 24.6 Å². The van der Waals surface area contributed by atoms with Crippen molar-refractivity contribution in [2.75, 3.05) is 26.4 Å². The Morgan fingerprint density at radius 1 is 0.389 bits per heavy atom. The van der Waals surface area contributed by atoms with Crippen molar-refractivity contribution in [2.45, 2.75) is 195 Å². The average molecular weight is 773 g/mol. The van der Waals surface area contributed by atoms with Gasteiger partial charge in [-0.3, -0.25) is 0 Å². The van der Waals surface area contributed by atoms with Gasteiger partial charge in [-0.15, -0.1) is 0 Å². The molecule has 1 aliphatic rings. The van der Waals surface area contributed by atoms with Gasteiger partial charge in [-0.2, -0.15) is 0 Å². The third-order valence-corrected chi connectivity index (χ3v) is 10.7. The number of hydrogen-bond donors (Lipinski definition) is 0. The van der Waals surface area contributed by atoms with Crippen molar-refractivity contribution in [3.8, 4) is 0 Å². The number of carbonyl (C=O) groups excluding carboxylic acids is 4. The number of rotatable bonds is 28. The van der Waals surface area contributed by atoms with Crippen LogP contribution in [0, 0.1) is 23.7 Å². The molecule has 0 N–H and O–H groups in total. The molecule has 1 rings (SSSR count). The highest BCUT2D eigenvalue weighted by Crippen LogP contribution is 2.31. The van der Waals surface area contributed by atoms with E-state index in [0.717, 1.165) is 103 Å². The average Bonchev–Trinajstić information content (AvgIpc) is 3.16. The minimum absolute atomic E-state index is 0.150. The Morgan fingerprint density at radius 2 is 0.593 bits per heavy atom. The monoisotopic (exact) mass is 773 g/mol. The molecule has 0 aliphatic heterocycles. The molecular weight excluding hydrogens is 696 g/mol. The normalized spacial score (nSPS) is 20.4. The van der Waals surface area contributed by atoms with Gasteiger partial charge in [-0.25, -0.2) is 19.2 Å². The molecule has 0 amide bonds. The summed E-state index contributed by atoms with van der Waals surface area (Å²) in [6.07, 6.45) is 6.84. The van der Waals surface area contributed by atoms with Crippen molar-refractivity contribution in [3.63, 3.8) is 0 Å². The van der Waals surface area contributed by atoms with Crippen LogP contribution in [0.3, 0.4) is 0 Å². The summed E-state index contributed by atoms with van der Waals surface area (Å²) in [5.41, 5.74) is 0. The Hall–Kier alpha value is -2.92. The molecule has 0 heterocycles. The molecule has 0 spiro atoms. The summed E-state index contributed by atoms with van der Waals surface area (Å²) in [6.45, 7) is 17.4. The number of hydrogen-bond acceptors (Lipinski definition) is 12. The van der Waals surface area contributed by atoms with Crippen LogP contribution >= 0.6 is 0 Å². The van der Waals surface area contributed by atoms with Crippen LogP contribution in [0.5, 0.6) is 0 Å². The van der Waals surface area contributed by atoms with Gasteiger partial charge < -0.3 is 37.9 Å². The lowest BCUT2D eigenvalue weighted by atomic mass is 9.89. The van der Waals surface area contributed by atoms with Crippen molar-refractivity contribution < 1.29 is 57.1 Å². The fourth-order valence-electron chi connectivity index (χ4n) is 6.53. The number of unbranched alkanes of at least 4 members (excludes halogenated alkanes) is 4. The first kappa shape index (κ1) is 49.1. The molecule has 54 heavy (non-hydrogen) atoms. The van der Waals surface area contributed by atoms with Gasteiger partial charge in [-0.05, 0) is 49.4 Å². The van der Waals surface area contributed by atoms with Gasteiger partial charge in [0.1, 0.15) is 24.4 Å². The second kappa shape index (κ2) is 30.3. The molecule has 0 bridgehead atoms. The zero-order chi connectivity index (χ0) is 40.1. The zero-order valence-electron chi connectivity index (χ0n) is 35.1. The quantitative estimate of drug-likeness (QED) is 0.0551. The van der Waals surface area contributed by atoms with Crippen LogP contribution in [-0.4, -0.2) is 75.5 Å². The highest BCUT2D eigenvalue weighted by atomic mass is 16.8. The van der Waals surface area contributed by atoms with Crippen LogP contribution in [0.1, 0.15) is 171 Å². The van der Waals surface area contributed by atoms with Crippen LogP contribution < -0.4 is 0 Å². The topological polar surface area (TPSA) is 142 Å². The third-order valence-electron chi connectivity index (χ3n) is 10.7. The summed E-state index contributed by atoms with van der Waals surface area (Å²) in [5.74, 6) is 0.716. The first-order chi connectivity index (χ1) is 26.1. The minimum Gasteiger partial charge on any atom is -0.434 e. The maximum absolute atomic E-state index is 13.1. The van der Waals surface area contributed by atoms with E-state index < -0.39 is 49.0 Å². The van der Waals surface area contributed by atoms with Gasteiger partial charge in [0.25, 0.3) is 0 Å². The molecule has 0 saturated heterocycles. The first-order valence-electron chi connectivity index (χ1n) is 21.4. The van der Waals surface area contributed by atoms with Gasteiger partial charge in [0.05, 0.1) is 26.4 Å². The Kier molecular flexibility index (Phi) is 27.6. The fourth-order valence-corrected chi connectivity index (χ4v) is 6.53. The minimum atomic E-state index is -1.09. The first-order valence-corrected chi connectivity index (χ1v) is 21.4. The summed E-state index contributed by atoms with van der Waals surface area (Å²) in [6, 6.07) is 0. The van der Waals surface area contributed by atoms with Gasteiger partial charge >= 0.3 is 24.6 Å². The SMILES string of the molecule is CCCCC(CC)COC(=O)OC1CC(OC(=O)OCC(CC)CCCC)C(OC(=O)OCC(CC)CCCC)CC1OC(=O)OCC(CC)CCCC. The molecule has 0 aromatic carbocycles. The summed E-state index contributed by atoms with van der Waals surface area (Å²) < 4.78 is 45.1.